The van der Waals surface area contributed by atoms with Crippen LogP contribution >= 0.6 is 0 Å². The summed E-state index contributed by atoms with van der Waals surface area (Å²) in [6, 6.07) is 4.02. The van der Waals surface area contributed by atoms with E-state index in [9.17, 15) is 4.79 Å². The van der Waals surface area contributed by atoms with Gasteiger partial charge in [0.2, 0.25) is 0 Å². The lowest BCUT2D eigenvalue weighted by atomic mass is 10.0. The smallest absolute Gasteiger partial charge is 0.314 e. The summed E-state index contributed by atoms with van der Waals surface area (Å²) in [5, 5.41) is 5.65. The fourth-order valence-electron chi connectivity index (χ4n) is 2.13. The third-order valence-electron chi connectivity index (χ3n) is 3.10. The molecule has 0 radical (unpaired) electrons. The molecule has 110 valence electrons. The predicted molar refractivity (Wildman–Crippen MR) is 77.5 cm³/mol. The first-order valence-electron chi connectivity index (χ1n) is 6.99. The zero-order valence-corrected chi connectivity index (χ0v) is 12.3. The van der Waals surface area contributed by atoms with Gasteiger partial charge in [0.15, 0.2) is 11.5 Å². The molecule has 2 rings (SSSR count). The number of urea groups is 1. The number of aryl methyl sites for hydroxylation is 1. The minimum absolute atomic E-state index is 0.129. The molecule has 5 nitrogen and oxygen atoms in total. The fraction of sp³-hybridized carbons (Fsp3) is 0.533. The summed E-state index contributed by atoms with van der Waals surface area (Å²) in [5.74, 6) is 1.60. The van der Waals surface area contributed by atoms with Crippen LogP contribution < -0.4 is 20.1 Å². The van der Waals surface area contributed by atoms with Crippen LogP contribution in [0.2, 0.25) is 0 Å². The highest BCUT2D eigenvalue weighted by molar-refractivity contribution is 5.74. The zero-order chi connectivity index (χ0) is 14.5. The summed E-state index contributed by atoms with van der Waals surface area (Å²) in [7, 11) is 0. The summed E-state index contributed by atoms with van der Waals surface area (Å²) in [5.41, 5.74) is 2.32. The Morgan fingerprint density at radius 1 is 1.25 bits per heavy atom. The van der Waals surface area contributed by atoms with Crippen molar-refractivity contribution < 1.29 is 14.3 Å². The molecule has 1 aliphatic rings. The van der Waals surface area contributed by atoms with Crippen molar-refractivity contribution in [2.75, 3.05) is 19.8 Å². The number of hydrogen-bond donors (Lipinski definition) is 2. The van der Waals surface area contributed by atoms with Crippen molar-refractivity contribution in [3.8, 4) is 11.5 Å². The average Bonchev–Trinajstić information content (AvgIpc) is 2.38. The van der Waals surface area contributed by atoms with Crippen LogP contribution in [0.1, 0.15) is 25.0 Å². The first-order chi connectivity index (χ1) is 9.56. The van der Waals surface area contributed by atoms with E-state index in [0.717, 1.165) is 23.5 Å². The standard InChI is InChI=1S/C15H22N2O3/c1-10(2)17-15(18)16-5-4-12-9-14-13(8-11(12)3)19-6-7-20-14/h8-10H,4-7H2,1-3H3,(H2,16,17,18). The van der Waals surface area contributed by atoms with Crippen molar-refractivity contribution in [3.63, 3.8) is 0 Å². The van der Waals surface area contributed by atoms with Gasteiger partial charge in [0, 0.05) is 12.6 Å². The van der Waals surface area contributed by atoms with Gasteiger partial charge in [0.25, 0.3) is 0 Å². The quantitative estimate of drug-likeness (QED) is 0.886. The summed E-state index contributed by atoms with van der Waals surface area (Å²) in [6.07, 6.45) is 0.772. The van der Waals surface area contributed by atoms with E-state index in [4.69, 9.17) is 9.47 Å². The Kier molecular flexibility index (Phi) is 4.71. The van der Waals surface area contributed by atoms with Crippen LogP contribution in [-0.4, -0.2) is 31.8 Å². The molecular weight excluding hydrogens is 256 g/mol. The minimum Gasteiger partial charge on any atom is -0.486 e. The van der Waals surface area contributed by atoms with Gasteiger partial charge in [0.05, 0.1) is 0 Å². The van der Waals surface area contributed by atoms with Gasteiger partial charge in [-0.1, -0.05) is 0 Å². The number of carbonyl (C=O) groups excluding carboxylic acids is 1. The highest BCUT2D eigenvalue weighted by Gasteiger charge is 2.14. The van der Waals surface area contributed by atoms with Crippen molar-refractivity contribution in [1.82, 2.24) is 10.6 Å². The molecule has 0 spiro atoms. The van der Waals surface area contributed by atoms with Gasteiger partial charge >= 0.3 is 6.03 Å². The molecule has 2 amide bonds. The molecule has 0 saturated heterocycles. The van der Waals surface area contributed by atoms with Gasteiger partial charge in [-0.2, -0.15) is 0 Å². The maximum absolute atomic E-state index is 11.5. The maximum Gasteiger partial charge on any atom is 0.314 e. The van der Waals surface area contributed by atoms with Crippen molar-refractivity contribution in [2.24, 2.45) is 0 Å². The molecule has 1 aromatic carbocycles. The lowest BCUT2D eigenvalue weighted by Crippen LogP contribution is -2.40. The SMILES string of the molecule is Cc1cc2c(cc1CCNC(=O)NC(C)C)OCCO2. The third kappa shape index (κ3) is 3.79. The van der Waals surface area contributed by atoms with Gasteiger partial charge < -0.3 is 20.1 Å². The molecule has 5 heteroatoms. The second-order valence-corrected chi connectivity index (χ2v) is 5.23. The number of hydrogen-bond acceptors (Lipinski definition) is 3. The monoisotopic (exact) mass is 278 g/mol. The number of ether oxygens (including phenoxy) is 2. The Bertz CT molecular complexity index is 486. The first kappa shape index (κ1) is 14.5. The van der Waals surface area contributed by atoms with Crippen molar-refractivity contribution >= 4 is 6.03 Å². The van der Waals surface area contributed by atoms with Crippen molar-refractivity contribution in [2.45, 2.75) is 33.2 Å². The third-order valence-corrected chi connectivity index (χ3v) is 3.10. The second-order valence-electron chi connectivity index (χ2n) is 5.23. The van der Waals surface area contributed by atoms with Gasteiger partial charge in [-0.3, -0.25) is 0 Å². The van der Waals surface area contributed by atoms with Gasteiger partial charge in [-0.25, -0.2) is 4.79 Å². The molecule has 0 aliphatic carbocycles. The van der Waals surface area contributed by atoms with Gasteiger partial charge in [0.1, 0.15) is 13.2 Å². The number of benzene rings is 1. The van der Waals surface area contributed by atoms with Crippen LogP contribution in [0.3, 0.4) is 0 Å². The van der Waals surface area contributed by atoms with Crippen LogP contribution in [0, 0.1) is 6.92 Å². The Morgan fingerprint density at radius 2 is 1.90 bits per heavy atom. The van der Waals surface area contributed by atoms with Gasteiger partial charge in [-0.05, 0) is 50.5 Å². The second kappa shape index (κ2) is 6.50. The van der Waals surface area contributed by atoms with Crippen LogP contribution in [-0.2, 0) is 6.42 Å². The molecule has 1 heterocycles. The van der Waals surface area contributed by atoms with Crippen molar-refractivity contribution in [1.29, 1.82) is 0 Å². The minimum atomic E-state index is -0.129. The van der Waals surface area contributed by atoms with E-state index in [1.54, 1.807) is 0 Å². The molecule has 1 aliphatic heterocycles. The van der Waals surface area contributed by atoms with Crippen LogP contribution in [0.4, 0.5) is 4.79 Å². The molecule has 1 aromatic rings. The lowest BCUT2D eigenvalue weighted by molar-refractivity contribution is 0.171. The normalized spacial score (nSPS) is 13.2. The molecule has 0 aromatic heterocycles. The summed E-state index contributed by atoms with van der Waals surface area (Å²) in [6.45, 7) is 7.70. The number of carbonyl (C=O) groups is 1. The molecule has 0 fully saturated rings. The number of rotatable bonds is 4. The highest BCUT2D eigenvalue weighted by atomic mass is 16.6. The molecule has 2 N–H and O–H groups in total. The molecule has 0 atom stereocenters. The van der Waals surface area contributed by atoms with Gasteiger partial charge in [-0.15, -0.1) is 0 Å². The molecule has 0 unspecified atom stereocenters. The highest BCUT2D eigenvalue weighted by Crippen LogP contribution is 2.33. The average molecular weight is 278 g/mol. The van der Waals surface area contributed by atoms with E-state index in [2.05, 4.69) is 10.6 Å². The number of fused-ring (bicyclic) bond motifs is 1. The van der Waals surface area contributed by atoms with Crippen LogP contribution in [0.5, 0.6) is 11.5 Å². The lowest BCUT2D eigenvalue weighted by Gasteiger charge is -2.20. The Balaban J connectivity index is 1.91. The van der Waals surface area contributed by atoms with E-state index in [1.807, 2.05) is 32.9 Å². The Labute approximate surface area is 119 Å². The largest absolute Gasteiger partial charge is 0.486 e. The first-order valence-corrected chi connectivity index (χ1v) is 6.99. The van der Waals surface area contributed by atoms with E-state index >= 15 is 0 Å². The van der Waals surface area contributed by atoms with E-state index in [-0.39, 0.29) is 12.1 Å². The van der Waals surface area contributed by atoms with Crippen LogP contribution in [0.15, 0.2) is 12.1 Å². The van der Waals surface area contributed by atoms with E-state index in [1.165, 1.54) is 5.56 Å². The molecule has 0 saturated carbocycles. The van der Waals surface area contributed by atoms with Crippen LogP contribution in [0.25, 0.3) is 0 Å². The zero-order valence-electron chi connectivity index (χ0n) is 12.3. The topological polar surface area (TPSA) is 59.6 Å². The number of amides is 2. The summed E-state index contributed by atoms with van der Waals surface area (Å²) >= 11 is 0. The molecular formula is C15H22N2O3. The van der Waals surface area contributed by atoms with E-state index in [0.29, 0.717) is 19.8 Å². The van der Waals surface area contributed by atoms with Crippen molar-refractivity contribution in [3.05, 3.63) is 23.3 Å². The summed E-state index contributed by atoms with van der Waals surface area (Å²) in [4.78, 5) is 11.5. The van der Waals surface area contributed by atoms with E-state index < -0.39 is 0 Å². The Morgan fingerprint density at radius 3 is 2.55 bits per heavy atom. The maximum atomic E-state index is 11.5. The fourth-order valence-corrected chi connectivity index (χ4v) is 2.13. The molecule has 0 bridgehead atoms. The summed E-state index contributed by atoms with van der Waals surface area (Å²) < 4.78 is 11.1. The number of nitrogens with one attached hydrogen (secondary N) is 2. The predicted octanol–water partition coefficient (Wildman–Crippen LogP) is 2.02. The molecule has 20 heavy (non-hydrogen) atoms. The Hall–Kier alpha value is -1.91.